The summed E-state index contributed by atoms with van der Waals surface area (Å²) in [6.45, 7) is 0. The van der Waals surface area contributed by atoms with E-state index in [-0.39, 0.29) is 0 Å². The first kappa shape index (κ1) is 9.85. The highest BCUT2D eigenvalue weighted by atomic mass is 16.7. The molecule has 4 N–H and O–H groups in total. The van der Waals surface area contributed by atoms with Gasteiger partial charge in [0.25, 0.3) is 0 Å². The van der Waals surface area contributed by atoms with Crippen molar-refractivity contribution in [2.75, 3.05) is 7.11 Å². The van der Waals surface area contributed by atoms with Gasteiger partial charge in [-0.2, -0.15) is 0 Å². The summed E-state index contributed by atoms with van der Waals surface area (Å²) in [6.07, 6.45) is -6.97. The number of aliphatic hydroxyl groups is 4. The van der Waals surface area contributed by atoms with Crippen molar-refractivity contribution in [1.82, 2.24) is 0 Å². The molecule has 0 aliphatic carbocycles. The largest absolute Gasteiger partial charge is 0.387 e. The normalized spacial score (nSPS) is 49.2. The second-order valence-corrected chi connectivity index (χ2v) is 2.60. The van der Waals surface area contributed by atoms with Crippen molar-refractivity contribution in [3.05, 3.63) is 0 Å². The Balaban J connectivity index is 2.63. The molecule has 0 amide bonds. The lowest BCUT2D eigenvalue weighted by molar-refractivity contribution is -0.334. The Morgan fingerprint density at radius 3 is 2.08 bits per heavy atom. The molecule has 0 bridgehead atoms. The van der Waals surface area contributed by atoms with Gasteiger partial charge >= 0.3 is 0 Å². The van der Waals surface area contributed by atoms with Crippen LogP contribution < -0.4 is 0 Å². The lowest BCUT2D eigenvalue weighted by atomic mass is 10.0. The number of methoxy groups -OCH3 is 1. The fourth-order valence-electron chi connectivity index (χ4n) is 1.03. The highest BCUT2D eigenvalue weighted by Crippen LogP contribution is 2.19. The van der Waals surface area contributed by atoms with Gasteiger partial charge in [-0.3, -0.25) is 0 Å². The van der Waals surface area contributed by atoms with Gasteiger partial charge in [-0.15, -0.1) is 0 Å². The first-order valence-electron chi connectivity index (χ1n) is 3.48. The zero-order valence-corrected chi connectivity index (χ0v) is 6.49. The van der Waals surface area contributed by atoms with Crippen LogP contribution in [0.15, 0.2) is 0 Å². The monoisotopic (exact) mass is 180 g/mol. The van der Waals surface area contributed by atoms with Crippen molar-refractivity contribution in [2.45, 2.75) is 30.9 Å². The van der Waals surface area contributed by atoms with E-state index in [1.54, 1.807) is 0 Å². The lowest BCUT2D eigenvalue weighted by Gasteiger charge is -2.37. The smallest absolute Gasteiger partial charge is 0.188 e. The molecule has 6 nitrogen and oxygen atoms in total. The Hall–Kier alpha value is -0.240. The van der Waals surface area contributed by atoms with Gasteiger partial charge < -0.3 is 29.9 Å². The maximum Gasteiger partial charge on any atom is 0.188 e. The van der Waals surface area contributed by atoms with Crippen molar-refractivity contribution < 1.29 is 29.9 Å². The average molecular weight is 180 g/mol. The standard InChI is InChI=1S/C6H12O6/c1-11-6-4(9)2(7)3(8)5(10)12-6/h2-10H,1H3/t2-,3-,4-,5?,6+/m1/s1. The van der Waals surface area contributed by atoms with E-state index in [1.165, 1.54) is 7.11 Å². The number of hydrogen-bond acceptors (Lipinski definition) is 6. The van der Waals surface area contributed by atoms with Crippen LogP contribution in [-0.4, -0.2) is 58.4 Å². The predicted octanol–water partition coefficient (Wildman–Crippen LogP) is -2.61. The molecule has 6 heteroatoms. The van der Waals surface area contributed by atoms with Crippen LogP contribution in [0.2, 0.25) is 0 Å². The van der Waals surface area contributed by atoms with Crippen molar-refractivity contribution in [3.8, 4) is 0 Å². The number of aliphatic hydroxyl groups excluding tert-OH is 4. The molecule has 0 aromatic rings. The van der Waals surface area contributed by atoms with Crippen LogP contribution in [0.5, 0.6) is 0 Å². The molecule has 1 unspecified atom stereocenters. The molecule has 12 heavy (non-hydrogen) atoms. The summed E-state index contributed by atoms with van der Waals surface area (Å²) in [7, 11) is 1.25. The third kappa shape index (κ3) is 1.58. The van der Waals surface area contributed by atoms with E-state index in [0.29, 0.717) is 0 Å². The molecule has 1 aliphatic rings. The van der Waals surface area contributed by atoms with Crippen LogP contribution in [0.1, 0.15) is 0 Å². The summed E-state index contributed by atoms with van der Waals surface area (Å²) in [5, 5.41) is 36.2. The Morgan fingerprint density at radius 2 is 1.58 bits per heavy atom. The fourth-order valence-corrected chi connectivity index (χ4v) is 1.03. The molecule has 0 radical (unpaired) electrons. The molecule has 5 atom stereocenters. The van der Waals surface area contributed by atoms with E-state index in [4.69, 9.17) is 20.4 Å². The first-order valence-corrected chi connectivity index (χ1v) is 3.48. The third-order valence-corrected chi connectivity index (χ3v) is 1.78. The van der Waals surface area contributed by atoms with Gasteiger partial charge in [-0.05, 0) is 0 Å². The molecule has 1 aliphatic heterocycles. The van der Waals surface area contributed by atoms with Crippen molar-refractivity contribution in [2.24, 2.45) is 0 Å². The third-order valence-electron chi connectivity index (χ3n) is 1.78. The Morgan fingerprint density at radius 1 is 1.00 bits per heavy atom. The minimum Gasteiger partial charge on any atom is -0.387 e. The molecule has 1 rings (SSSR count). The minimum absolute atomic E-state index is 1.11. The molecule has 0 spiro atoms. The highest BCUT2D eigenvalue weighted by molar-refractivity contribution is 4.84. The van der Waals surface area contributed by atoms with Gasteiger partial charge in [0.2, 0.25) is 0 Å². The van der Waals surface area contributed by atoms with Crippen LogP contribution in [0, 0.1) is 0 Å². The molecule has 0 aromatic carbocycles. The SMILES string of the molecule is CO[C@H]1OC(O)[C@H](O)[C@@H](O)[C@H]1O. The molecule has 72 valence electrons. The summed E-state index contributed by atoms with van der Waals surface area (Å²) in [4.78, 5) is 0. The topological polar surface area (TPSA) is 99.4 Å². The summed E-state index contributed by atoms with van der Waals surface area (Å²) in [6, 6.07) is 0. The van der Waals surface area contributed by atoms with E-state index in [1.807, 2.05) is 0 Å². The summed E-state index contributed by atoms with van der Waals surface area (Å²) in [5.41, 5.74) is 0. The number of hydrogen-bond donors (Lipinski definition) is 4. The van der Waals surface area contributed by atoms with E-state index >= 15 is 0 Å². The molecular weight excluding hydrogens is 168 g/mol. The van der Waals surface area contributed by atoms with Crippen LogP contribution in [0.3, 0.4) is 0 Å². The van der Waals surface area contributed by atoms with Crippen LogP contribution in [-0.2, 0) is 9.47 Å². The lowest BCUT2D eigenvalue weighted by Crippen LogP contribution is -2.57. The van der Waals surface area contributed by atoms with Gasteiger partial charge in [-0.1, -0.05) is 0 Å². The van der Waals surface area contributed by atoms with E-state index in [2.05, 4.69) is 9.47 Å². The van der Waals surface area contributed by atoms with Gasteiger partial charge in [0, 0.05) is 7.11 Å². The average Bonchev–Trinajstić information content (AvgIpc) is 2.08. The molecule has 1 fully saturated rings. The van der Waals surface area contributed by atoms with Crippen molar-refractivity contribution in [1.29, 1.82) is 0 Å². The summed E-state index contributed by atoms with van der Waals surface area (Å²) in [5.74, 6) is 0. The summed E-state index contributed by atoms with van der Waals surface area (Å²) < 4.78 is 9.19. The Kier molecular flexibility index (Phi) is 2.99. The highest BCUT2D eigenvalue weighted by Gasteiger charge is 2.43. The van der Waals surface area contributed by atoms with Crippen molar-refractivity contribution >= 4 is 0 Å². The van der Waals surface area contributed by atoms with Crippen LogP contribution >= 0.6 is 0 Å². The van der Waals surface area contributed by atoms with Gasteiger partial charge in [-0.25, -0.2) is 0 Å². The second kappa shape index (κ2) is 3.65. The molecule has 0 aromatic heterocycles. The van der Waals surface area contributed by atoms with Crippen LogP contribution in [0.25, 0.3) is 0 Å². The van der Waals surface area contributed by atoms with Gasteiger partial charge in [0.15, 0.2) is 12.6 Å². The zero-order valence-electron chi connectivity index (χ0n) is 6.49. The molecule has 1 heterocycles. The number of rotatable bonds is 1. The minimum atomic E-state index is -1.53. The van der Waals surface area contributed by atoms with E-state index in [0.717, 1.165) is 0 Å². The second-order valence-electron chi connectivity index (χ2n) is 2.60. The number of ether oxygens (including phenoxy) is 2. The van der Waals surface area contributed by atoms with Crippen LogP contribution in [0.4, 0.5) is 0 Å². The fraction of sp³-hybridized carbons (Fsp3) is 1.00. The Labute approximate surface area is 69.0 Å². The maximum atomic E-state index is 9.15. The zero-order chi connectivity index (χ0) is 9.30. The van der Waals surface area contributed by atoms with Gasteiger partial charge in [0.1, 0.15) is 18.3 Å². The predicted molar refractivity (Wildman–Crippen MR) is 35.9 cm³/mol. The van der Waals surface area contributed by atoms with Gasteiger partial charge in [0.05, 0.1) is 0 Å². The summed E-state index contributed by atoms with van der Waals surface area (Å²) >= 11 is 0. The van der Waals surface area contributed by atoms with E-state index < -0.39 is 30.9 Å². The molecule has 0 saturated carbocycles. The maximum absolute atomic E-state index is 9.15. The molecular formula is C6H12O6. The van der Waals surface area contributed by atoms with Crippen molar-refractivity contribution in [3.63, 3.8) is 0 Å². The molecule has 1 saturated heterocycles. The quantitative estimate of drug-likeness (QED) is 0.353. The first-order chi connectivity index (χ1) is 5.57. The van der Waals surface area contributed by atoms with E-state index in [9.17, 15) is 0 Å². The Bertz CT molecular complexity index is 146.